The van der Waals surface area contributed by atoms with Gasteiger partial charge in [-0.3, -0.25) is 0 Å². The maximum absolute atomic E-state index is 13.5. The summed E-state index contributed by atoms with van der Waals surface area (Å²) in [7, 11) is 0. The second kappa shape index (κ2) is 7.16. The van der Waals surface area contributed by atoms with Crippen molar-refractivity contribution in [2.24, 2.45) is 21.7 Å². The van der Waals surface area contributed by atoms with Gasteiger partial charge in [0.05, 0.1) is 6.21 Å². The van der Waals surface area contributed by atoms with Crippen LogP contribution in [0.25, 0.3) is 0 Å². The summed E-state index contributed by atoms with van der Waals surface area (Å²) in [5, 5.41) is 7.14. The Morgan fingerprint density at radius 1 is 1.09 bits per heavy atom. The first-order chi connectivity index (χ1) is 10.5. The van der Waals surface area contributed by atoms with Crippen molar-refractivity contribution >= 4 is 12.2 Å². The van der Waals surface area contributed by atoms with Crippen molar-refractivity contribution in [1.29, 1.82) is 0 Å². The van der Waals surface area contributed by atoms with E-state index in [1.54, 1.807) is 24.3 Å². The zero-order valence-corrected chi connectivity index (χ0v) is 11.5. The van der Waals surface area contributed by atoms with Gasteiger partial charge in [-0.25, -0.2) is 8.78 Å². The van der Waals surface area contributed by atoms with Crippen molar-refractivity contribution in [1.82, 2.24) is 0 Å². The normalized spacial score (nSPS) is 10.6. The molecular weight excluding hydrogens is 290 g/mol. The summed E-state index contributed by atoms with van der Waals surface area (Å²) in [6, 6.07) is 10.2. The van der Waals surface area contributed by atoms with Gasteiger partial charge in [0.1, 0.15) is 24.0 Å². The number of nitrogens with two attached hydrogens (primary N) is 2. The number of hydrogen-bond acceptors (Lipinski definition) is 3. The summed E-state index contributed by atoms with van der Waals surface area (Å²) in [5.41, 5.74) is 11.3. The Bertz CT molecular complexity index is 695. The number of rotatable bonds is 5. The Morgan fingerprint density at radius 3 is 2.45 bits per heavy atom. The van der Waals surface area contributed by atoms with Crippen LogP contribution in [0.1, 0.15) is 11.1 Å². The minimum Gasteiger partial charge on any atom is -0.489 e. The van der Waals surface area contributed by atoms with Crippen LogP contribution < -0.4 is 16.2 Å². The second-order valence-corrected chi connectivity index (χ2v) is 4.36. The van der Waals surface area contributed by atoms with Gasteiger partial charge in [0.15, 0.2) is 0 Å². The fourth-order valence-electron chi connectivity index (χ4n) is 1.61. The summed E-state index contributed by atoms with van der Waals surface area (Å²) < 4.78 is 31.7. The molecule has 0 aliphatic rings. The molecule has 4 N–H and O–H groups in total. The molecular formula is C15H14F2N4O. The third-order valence-corrected chi connectivity index (χ3v) is 2.67. The summed E-state index contributed by atoms with van der Waals surface area (Å²) in [5.74, 6) is -0.841. The Morgan fingerprint density at radius 2 is 1.82 bits per heavy atom. The van der Waals surface area contributed by atoms with Crippen LogP contribution in [0, 0.1) is 11.6 Å². The molecule has 0 spiro atoms. The largest absolute Gasteiger partial charge is 0.489 e. The van der Waals surface area contributed by atoms with Crippen LogP contribution in [0.2, 0.25) is 0 Å². The SMILES string of the molecule is NC(N)=NN=Cc1ccc(OCc2ccc(F)cc2F)cc1. The molecule has 0 aliphatic heterocycles. The van der Waals surface area contributed by atoms with Gasteiger partial charge >= 0.3 is 0 Å². The fraction of sp³-hybridized carbons (Fsp3) is 0.0667. The maximum Gasteiger partial charge on any atom is 0.211 e. The predicted octanol–water partition coefficient (Wildman–Crippen LogP) is 2.15. The molecule has 22 heavy (non-hydrogen) atoms. The molecule has 0 atom stereocenters. The van der Waals surface area contributed by atoms with Crippen LogP contribution in [-0.4, -0.2) is 12.2 Å². The molecule has 0 saturated carbocycles. The van der Waals surface area contributed by atoms with E-state index in [4.69, 9.17) is 16.2 Å². The molecule has 2 rings (SSSR count). The molecule has 0 radical (unpaired) electrons. The molecule has 0 aromatic heterocycles. The van der Waals surface area contributed by atoms with E-state index in [1.807, 2.05) is 0 Å². The minimum absolute atomic E-state index is 0.00749. The van der Waals surface area contributed by atoms with Crippen LogP contribution in [0.3, 0.4) is 0 Å². The van der Waals surface area contributed by atoms with E-state index < -0.39 is 11.6 Å². The van der Waals surface area contributed by atoms with Gasteiger partial charge < -0.3 is 16.2 Å². The lowest BCUT2D eigenvalue weighted by Gasteiger charge is -2.07. The minimum atomic E-state index is -0.638. The lowest BCUT2D eigenvalue weighted by Crippen LogP contribution is -2.21. The number of hydrogen-bond donors (Lipinski definition) is 2. The molecule has 0 amide bonds. The molecule has 0 fully saturated rings. The van der Waals surface area contributed by atoms with Crippen LogP contribution >= 0.6 is 0 Å². The van der Waals surface area contributed by atoms with Gasteiger partial charge in [0, 0.05) is 11.6 Å². The fourth-order valence-corrected chi connectivity index (χ4v) is 1.61. The number of benzene rings is 2. The van der Waals surface area contributed by atoms with Crippen molar-refractivity contribution in [2.75, 3.05) is 0 Å². The highest BCUT2D eigenvalue weighted by molar-refractivity contribution is 5.81. The van der Waals surface area contributed by atoms with Crippen molar-refractivity contribution in [3.63, 3.8) is 0 Å². The Kier molecular flexibility index (Phi) is 5.02. The van der Waals surface area contributed by atoms with Crippen molar-refractivity contribution in [3.8, 4) is 5.75 Å². The Hall–Kier alpha value is -2.96. The average Bonchev–Trinajstić information content (AvgIpc) is 2.47. The molecule has 0 unspecified atom stereocenters. The lowest BCUT2D eigenvalue weighted by atomic mass is 10.2. The van der Waals surface area contributed by atoms with Crippen molar-refractivity contribution in [2.45, 2.75) is 6.61 Å². The van der Waals surface area contributed by atoms with Gasteiger partial charge in [-0.1, -0.05) is 0 Å². The first-order valence-electron chi connectivity index (χ1n) is 6.33. The zero-order valence-electron chi connectivity index (χ0n) is 11.5. The van der Waals surface area contributed by atoms with E-state index in [1.165, 1.54) is 18.3 Å². The summed E-state index contributed by atoms with van der Waals surface area (Å²) >= 11 is 0. The zero-order chi connectivity index (χ0) is 15.9. The summed E-state index contributed by atoms with van der Waals surface area (Å²) in [6.45, 7) is 0.00749. The molecule has 0 aliphatic carbocycles. The highest BCUT2D eigenvalue weighted by Gasteiger charge is 2.04. The average molecular weight is 304 g/mol. The number of halogens is 2. The van der Waals surface area contributed by atoms with Crippen LogP contribution in [0.15, 0.2) is 52.7 Å². The Balaban J connectivity index is 1.96. The molecule has 0 heterocycles. The molecule has 0 bridgehead atoms. The first kappa shape index (κ1) is 15.4. The highest BCUT2D eigenvalue weighted by atomic mass is 19.1. The van der Waals surface area contributed by atoms with Gasteiger partial charge in [0.2, 0.25) is 5.96 Å². The molecule has 7 heteroatoms. The summed E-state index contributed by atoms with van der Waals surface area (Å²) in [6.07, 6.45) is 1.48. The first-order valence-corrected chi connectivity index (χ1v) is 6.33. The quantitative estimate of drug-likeness (QED) is 0.504. The van der Waals surface area contributed by atoms with Crippen molar-refractivity contribution in [3.05, 3.63) is 65.2 Å². The van der Waals surface area contributed by atoms with E-state index in [2.05, 4.69) is 10.2 Å². The van der Waals surface area contributed by atoms with Crippen LogP contribution in [0.5, 0.6) is 5.75 Å². The topological polar surface area (TPSA) is 86.0 Å². The lowest BCUT2D eigenvalue weighted by molar-refractivity contribution is 0.299. The molecule has 2 aromatic rings. The maximum atomic E-state index is 13.5. The van der Waals surface area contributed by atoms with Gasteiger partial charge in [-0.05, 0) is 42.0 Å². The third kappa shape index (κ3) is 4.55. The second-order valence-electron chi connectivity index (χ2n) is 4.36. The third-order valence-electron chi connectivity index (χ3n) is 2.67. The molecule has 2 aromatic carbocycles. The molecule has 5 nitrogen and oxygen atoms in total. The number of ether oxygens (including phenoxy) is 1. The predicted molar refractivity (Wildman–Crippen MR) is 80.5 cm³/mol. The van der Waals surface area contributed by atoms with Crippen LogP contribution in [0.4, 0.5) is 8.78 Å². The molecule has 0 saturated heterocycles. The Labute approximate surface area is 125 Å². The van der Waals surface area contributed by atoms with Gasteiger partial charge in [-0.15, -0.1) is 5.10 Å². The standard InChI is InChI=1S/C15H14F2N4O/c16-12-4-3-11(14(17)7-12)9-22-13-5-1-10(2-6-13)8-20-21-15(18)19/h1-8H,9H2,(H4,18,19,21). The highest BCUT2D eigenvalue weighted by Crippen LogP contribution is 2.15. The van der Waals surface area contributed by atoms with Crippen LogP contribution in [-0.2, 0) is 6.61 Å². The van der Waals surface area contributed by atoms with E-state index in [0.29, 0.717) is 5.75 Å². The van der Waals surface area contributed by atoms with E-state index in [9.17, 15) is 8.78 Å². The number of nitrogens with zero attached hydrogens (tertiary/aromatic N) is 2. The summed E-state index contributed by atoms with van der Waals surface area (Å²) in [4.78, 5) is 0. The van der Waals surface area contributed by atoms with Crippen molar-refractivity contribution < 1.29 is 13.5 Å². The molecule has 114 valence electrons. The van der Waals surface area contributed by atoms with Gasteiger partial charge in [-0.2, -0.15) is 5.10 Å². The van der Waals surface area contributed by atoms with E-state index >= 15 is 0 Å². The van der Waals surface area contributed by atoms with Gasteiger partial charge in [0.25, 0.3) is 0 Å². The number of guanidine groups is 1. The monoisotopic (exact) mass is 304 g/mol. The smallest absolute Gasteiger partial charge is 0.211 e. The van der Waals surface area contributed by atoms with E-state index in [-0.39, 0.29) is 18.1 Å². The van der Waals surface area contributed by atoms with E-state index in [0.717, 1.165) is 11.6 Å².